The van der Waals surface area contributed by atoms with E-state index in [1.54, 1.807) is 24.3 Å². The van der Waals surface area contributed by atoms with Crippen LogP contribution in [0.2, 0.25) is 5.02 Å². The molecule has 4 nitrogen and oxygen atoms in total. The zero-order valence-electron chi connectivity index (χ0n) is 16.4. The number of urea groups is 1. The van der Waals surface area contributed by atoms with Crippen molar-refractivity contribution >= 4 is 23.3 Å². The molecule has 2 atom stereocenters. The number of halogens is 2. The standard InChI is InChI=1S/C24H21ClFN3O/c1-16(17-5-3-2-4-6-17)27-24(30)29-15-22(18-9-13-21(26)14-10-18)23(28-29)19-7-11-20(25)12-8-19/h2-14,16,22H,15H2,1H3,(H,27,30)/t16-,22-/m0/s1. The van der Waals surface area contributed by atoms with Crippen LogP contribution in [0.5, 0.6) is 0 Å². The van der Waals surface area contributed by atoms with Crippen molar-refractivity contribution in [3.8, 4) is 0 Å². The number of benzene rings is 3. The Hall–Kier alpha value is -3.18. The van der Waals surface area contributed by atoms with Crippen LogP contribution >= 0.6 is 11.6 Å². The lowest BCUT2D eigenvalue weighted by Gasteiger charge is -2.19. The summed E-state index contributed by atoms with van der Waals surface area (Å²) in [6.07, 6.45) is 0. The van der Waals surface area contributed by atoms with Crippen LogP contribution in [0.4, 0.5) is 9.18 Å². The van der Waals surface area contributed by atoms with Gasteiger partial charge in [-0.3, -0.25) is 0 Å². The molecule has 4 rings (SSSR count). The van der Waals surface area contributed by atoms with Crippen LogP contribution in [0.1, 0.15) is 35.6 Å². The Bertz CT molecular complexity index is 1050. The highest BCUT2D eigenvalue weighted by Gasteiger charge is 2.32. The van der Waals surface area contributed by atoms with Crippen LogP contribution in [0.25, 0.3) is 0 Å². The zero-order chi connectivity index (χ0) is 21.1. The van der Waals surface area contributed by atoms with E-state index in [1.165, 1.54) is 17.1 Å². The summed E-state index contributed by atoms with van der Waals surface area (Å²) < 4.78 is 13.4. The van der Waals surface area contributed by atoms with Crippen LogP contribution in [-0.2, 0) is 0 Å². The Labute approximate surface area is 180 Å². The van der Waals surface area contributed by atoms with E-state index in [0.717, 1.165) is 22.4 Å². The maximum absolute atomic E-state index is 13.4. The highest BCUT2D eigenvalue weighted by Crippen LogP contribution is 2.30. The minimum absolute atomic E-state index is 0.155. The first-order valence-corrected chi connectivity index (χ1v) is 10.1. The Kier molecular flexibility index (Phi) is 5.81. The molecule has 1 N–H and O–H groups in total. The van der Waals surface area contributed by atoms with E-state index < -0.39 is 0 Å². The molecule has 0 bridgehead atoms. The molecule has 1 heterocycles. The molecule has 152 valence electrons. The van der Waals surface area contributed by atoms with Gasteiger partial charge in [0.05, 0.1) is 18.3 Å². The SMILES string of the molecule is C[C@H](NC(=O)N1C[C@@H](c2ccc(F)cc2)C(c2ccc(Cl)cc2)=N1)c1ccccc1. The third-order valence-corrected chi connectivity index (χ3v) is 5.45. The Balaban J connectivity index is 1.60. The molecule has 2 amide bonds. The Morgan fingerprint density at radius 3 is 2.40 bits per heavy atom. The second kappa shape index (κ2) is 8.67. The minimum Gasteiger partial charge on any atom is -0.330 e. The van der Waals surface area contributed by atoms with E-state index in [-0.39, 0.29) is 23.8 Å². The molecule has 0 spiro atoms. The maximum Gasteiger partial charge on any atom is 0.338 e. The van der Waals surface area contributed by atoms with Crippen molar-refractivity contribution in [2.24, 2.45) is 5.10 Å². The summed E-state index contributed by atoms with van der Waals surface area (Å²) >= 11 is 6.03. The number of nitrogens with zero attached hydrogens (tertiary/aromatic N) is 2. The topological polar surface area (TPSA) is 44.7 Å². The number of hydrazone groups is 1. The number of amides is 2. The zero-order valence-corrected chi connectivity index (χ0v) is 17.2. The number of hydrogen-bond donors (Lipinski definition) is 1. The molecular formula is C24H21ClFN3O. The van der Waals surface area contributed by atoms with Gasteiger partial charge in [-0.1, -0.05) is 66.2 Å². The average molecular weight is 422 g/mol. The molecule has 0 unspecified atom stereocenters. The summed E-state index contributed by atoms with van der Waals surface area (Å²) in [5.41, 5.74) is 3.54. The number of nitrogens with one attached hydrogen (secondary N) is 1. The van der Waals surface area contributed by atoms with Gasteiger partial charge < -0.3 is 5.32 Å². The maximum atomic E-state index is 13.4. The van der Waals surface area contributed by atoms with Crippen molar-refractivity contribution in [3.05, 3.63) is 106 Å². The lowest BCUT2D eigenvalue weighted by Crippen LogP contribution is -2.37. The third-order valence-electron chi connectivity index (χ3n) is 5.20. The summed E-state index contributed by atoms with van der Waals surface area (Å²) in [6.45, 7) is 2.31. The normalized spacial score (nSPS) is 16.8. The van der Waals surface area contributed by atoms with Crippen LogP contribution < -0.4 is 5.32 Å². The molecule has 0 fully saturated rings. The van der Waals surface area contributed by atoms with Crippen molar-refractivity contribution in [1.29, 1.82) is 0 Å². The fourth-order valence-electron chi connectivity index (χ4n) is 3.55. The van der Waals surface area contributed by atoms with Gasteiger partial charge >= 0.3 is 6.03 Å². The highest BCUT2D eigenvalue weighted by atomic mass is 35.5. The first-order chi connectivity index (χ1) is 14.5. The first-order valence-electron chi connectivity index (χ1n) is 9.74. The average Bonchev–Trinajstić information content (AvgIpc) is 3.21. The predicted molar refractivity (Wildman–Crippen MR) is 117 cm³/mol. The molecule has 3 aromatic carbocycles. The molecule has 1 aliphatic heterocycles. The van der Waals surface area contributed by atoms with Crippen molar-refractivity contribution < 1.29 is 9.18 Å². The van der Waals surface area contributed by atoms with Gasteiger partial charge in [-0.25, -0.2) is 14.2 Å². The highest BCUT2D eigenvalue weighted by molar-refractivity contribution is 6.30. The first kappa shape index (κ1) is 20.1. The van der Waals surface area contributed by atoms with E-state index >= 15 is 0 Å². The van der Waals surface area contributed by atoms with Gasteiger partial charge in [0.1, 0.15) is 5.82 Å². The lowest BCUT2D eigenvalue weighted by molar-refractivity contribution is 0.200. The molecule has 0 aromatic heterocycles. The second-order valence-corrected chi connectivity index (χ2v) is 7.70. The van der Waals surface area contributed by atoms with Crippen LogP contribution in [0.3, 0.4) is 0 Å². The van der Waals surface area contributed by atoms with Crippen molar-refractivity contribution in [1.82, 2.24) is 10.3 Å². The predicted octanol–water partition coefficient (Wildman–Crippen LogP) is 5.75. The van der Waals surface area contributed by atoms with Crippen LogP contribution in [0.15, 0.2) is 84.0 Å². The Morgan fingerprint density at radius 2 is 1.73 bits per heavy atom. The minimum atomic E-state index is -0.298. The summed E-state index contributed by atoms with van der Waals surface area (Å²) in [5.74, 6) is -0.461. The van der Waals surface area contributed by atoms with Crippen LogP contribution in [0, 0.1) is 5.82 Å². The van der Waals surface area contributed by atoms with Gasteiger partial charge in [0, 0.05) is 10.9 Å². The van der Waals surface area contributed by atoms with E-state index in [0.29, 0.717) is 11.6 Å². The molecule has 0 aliphatic carbocycles. The summed E-state index contributed by atoms with van der Waals surface area (Å²) in [4.78, 5) is 12.9. The molecule has 6 heteroatoms. The van der Waals surface area contributed by atoms with Gasteiger partial charge in [0.25, 0.3) is 0 Å². The number of rotatable bonds is 4. The quantitative estimate of drug-likeness (QED) is 0.572. The third kappa shape index (κ3) is 4.36. The van der Waals surface area contributed by atoms with E-state index in [2.05, 4.69) is 10.4 Å². The monoisotopic (exact) mass is 421 g/mol. The Morgan fingerprint density at radius 1 is 1.07 bits per heavy atom. The van der Waals surface area contributed by atoms with Gasteiger partial charge in [-0.15, -0.1) is 0 Å². The summed E-state index contributed by atoms with van der Waals surface area (Å²) in [6, 6.07) is 23.0. The lowest BCUT2D eigenvalue weighted by atomic mass is 9.90. The van der Waals surface area contributed by atoms with Gasteiger partial charge in [0.2, 0.25) is 0 Å². The van der Waals surface area contributed by atoms with E-state index in [4.69, 9.17) is 11.6 Å². The summed E-state index contributed by atoms with van der Waals surface area (Å²) in [7, 11) is 0. The molecular weight excluding hydrogens is 401 g/mol. The number of hydrogen-bond acceptors (Lipinski definition) is 2. The van der Waals surface area contributed by atoms with Crippen LogP contribution in [-0.4, -0.2) is 23.3 Å². The van der Waals surface area contributed by atoms with Crippen molar-refractivity contribution in [3.63, 3.8) is 0 Å². The summed E-state index contributed by atoms with van der Waals surface area (Å²) in [5, 5.41) is 9.68. The smallest absolute Gasteiger partial charge is 0.330 e. The second-order valence-electron chi connectivity index (χ2n) is 7.26. The van der Waals surface area contributed by atoms with Gasteiger partial charge in [-0.05, 0) is 47.9 Å². The molecule has 0 saturated carbocycles. The van der Waals surface area contributed by atoms with Gasteiger partial charge in [-0.2, -0.15) is 5.10 Å². The van der Waals surface area contributed by atoms with E-state index in [1.807, 2.05) is 49.4 Å². The largest absolute Gasteiger partial charge is 0.338 e. The fourth-order valence-corrected chi connectivity index (χ4v) is 3.68. The molecule has 1 aliphatic rings. The molecule has 0 saturated heterocycles. The fraction of sp³-hybridized carbons (Fsp3) is 0.167. The van der Waals surface area contributed by atoms with Gasteiger partial charge in [0.15, 0.2) is 0 Å². The van der Waals surface area contributed by atoms with Crippen molar-refractivity contribution in [2.75, 3.05) is 6.54 Å². The molecule has 0 radical (unpaired) electrons. The number of carbonyl (C=O) groups is 1. The van der Waals surface area contributed by atoms with E-state index in [9.17, 15) is 9.18 Å². The number of carbonyl (C=O) groups excluding carboxylic acids is 1. The molecule has 30 heavy (non-hydrogen) atoms. The molecule has 3 aromatic rings. The van der Waals surface area contributed by atoms with Crippen molar-refractivity contribution in [2.45, 2.75) is 18.9 Å².